The van der Waals surface area contributed by atoms with Gasteiger partial charge in [0.1, 0.15) is 5.56 Å². The van der Waals surface area contributed by atoms with Crippen molar-refractivity contribution in [3.8, 4) is 0 Å². The van der Waals surface area contributed by atoms with Crippen LogP contribution in [0, 0.1) is 10.8 Å². The van der Waals surface area contributed by atoms with Crippen molar-refractivity contribution in [1.82, 2.24) is 4.98 Å². The van der Waals surface area contributed by atoms with Gasteiger partial charge in [-0.3, -0.25) is 4.98 Å². The van der Waals surface area contributed by atoms with Gasteiger partial charge in [0.05, 0.1) is 17.8 Å². The van der Waals surface area contributed by atoms with E-state index < -0.39 is 0 Å². The van der Waals surface area contributed by atoms with Crippen LogP contribution in [0.4, 0.5) is 5.69 Å². The highest BCUT2D eigenvalue weighted by molar-refractivity contribution is 9.10. The highest BCUT2D eigenvalue weighted by Gasteiger charge is 2.50. The molecule has 1 aliphatic heterocycles. The summed E-state index contributed by atoms with van der Waals surface area (Å²) in [6.45, 7) is 10.3. The van der Waals surface area contributed by atoms with E-state index in [1.807, 2.05) is 19.1 Å². The lowest BCUT2D eigenvalue weighted by molar-refractivity contribution is 0.0526. The fourth-order valence-electron chi connectivity index (χ4n) is 5.54. The Balaban J connectivity index is 1.90. The number of esters is 1. The van der Waals surface area contributed by atoms with Crippen LogP contribution in [-0.2, 0) is 4.74 Å². The van der Waals surface area contributed by atoms with Gasteiger partial charge in [0.15, 0.2) is 0 Å². The number of anilines is 1. The molecule has 2 atom stereocenters. The molecule has 1 aromatic carbocycles. The lowest BCUT2D eigenvalue weighted by Gasteiger charge is -2.39. The molecule has 2 aliphatic rings. The first-order valence-corrected chi connectivity index (χ1v) is 10.5. The molecule has 4 nitrogen and oxygen atoms in total. The molecule has 2 heterocycles. The minimum Gasteiger partial charge on any atom is -0.462 e. The van der Waals surface area contributed by atoms with E-state index in [0.29, 0.717) is 23.6 Å². The Morgan fingerprint density at radius 3 is 2.85 bits per heavy atom. The number of rotatable bonds is 3. The van der Waals surface area contributed by atoms with Crippen molar-refractivity contribution in [1.29, 1.82) is 0 Å². The molecule has 0 N–H and O–H groups in total. The molecule has 2 fully saturated rings. The maximum absolute atomic E-state index is 12.7. The van der Waals surface area contributed by atoms with Crippen molar-refractivity contribution < 1.29 is 9.53 Å². The molecule has 1 saturated heterocycles. The lowest BCUT2D eigenvalue weighted by Crippen LogP contribution is -2.35. The van der Waals surface area contributed by atoms with Crippen LogP contribution >= 0.6 is 15.9 Å². The monoisotopic (exact) mass is 430 g/mol. The molecule has 27 heavy (non-hydrogen) atoms. The lowest BCUT2D eigenvalue weighted by atomic mass is 9.65. The fourth-order valence-corrected chi connectivity index (χ4v) is 5.90. The zero-order valence-corrected chi connectivity index (χ0v) is 18.1. The number of pyridine rings is 1. The van der Waals surface area contributed by atoms with Gasteiger partial charge in [-0.15, -0.1) is 0 Å². The van der Waals surface area contributed by atoms with Crippen LogP contribution in [0.3, 0.4) is 0 Å². The maximum Gasteiger partial charge on any atom is 0.341 e. The highest BCUT2D eigenvalue weighted by Crippen LogP contribution is 2.54. The Bertz CT molecular complexity index is 911. The average molecular weight is 431 g/mol. The predicted molar refractivity (Wildman–Crippen MR) is 112 cm³/mol. The summed E-state index contributed by atoms with van der Waals surface area (Å²) in [4.78, 5) is 19.8. The van der Waals surface area contributed by atoms with E-state index in [0.717, 1.165) is 34.0 Å². The van der Waals surface area contributed by atoms with Crippen LogP contribution in [-0.4, -0.2) is 30.1 Å². The minimum absolute atomic E-state index is 0.278. The van der Waals surface area contributed by atoms with E-state index in [-0.39, 0.29) is 11.4 Å². The van der Waals surface area contributed by atoms with Gasteiger partial charge < -0.3 is 9.64 Å². The number of hydrogen-bond donors (Lipinski definition) is 0. The Morgan fingerprint density at radius 2 is 2.11 bits per heavy atom. The van der Waals surface area contributed by atoms with Crippen LogP contribution in [0.2, 0.25) is 0 Å². The zero-order valence-electron chi connectivity index (χ0n) is 16.5. The first-order chi connectivity index (χ1) is 12.7. The van der Waals surface area contributed by atoms with Crippen LogP contribution in [0.25, 0.3) is 10.9 Å². The normalized spacial score (nSPS) is 26.4. The smallest absolute Gasteiger partial charge is 0.341 e. The third kappa shape index (κ3) is 3.35. The third-order valence-electron chi connectivity index (χ3n) is 6.00. The van der Waals surface area contributed by atoms with Gasteiger partial charge in [0.2, 0.25) is 0 Å². The zero-order chi connectivity index (χ0) is 19.4. The predicted octanol–water partition coefficient (Wildman–Crippen LogP) is 5.58. The molecule has 0 amide bonds. The molecule has 2 aromatic rings. The summed E-state index contributed by atoms with van der Waals surface area (Å²) in [5.74, 6) is -0.285. The summed E-state index contributed by atoms with van der Waals surface area (Å²) in [5.41, 5.74) is 3.08. The topological polar surface area (TPSA) is 42.4 Å². The van der Waals surface area contributed by atoms with E-state index in [1.165, 1.54) is 12.8 Å². The summed E-state index contributed by atoms with van der Waals surface area (Å²) in [5, 5.41) is 1.02. The molecule has 0 radical (unpaired) electrons. The van der Waals surface area contributed by atoms with Crippen LogP contribution < -0.4 is 4.90 Å². The Kier molecular flexibility index (Phi) is 4.49. The number of halogens is 1. The minimum atomic E-state index is -0.285. The summed E-state index contributed by atoms with van der Waals surface area (Å²) in [7, 11) is 0. The number of nitrogens with zero attached hydrogens (tertiary/aromatic N) is 2. The molecule has 1 aliphatic carbocycles. The van der Waals surface area contributed by atoms with E-state index in [1.54, 1.807) is 6.20 Å². The van der Waals surface area contributed by atoms with Crippen molar-refractivity contribution in [3.05, 3.63) is 34.4 Å². The first-order valence-electron chi connectivity index (χ1n) is 9.73. The molecule has 1 aromatic heterocycles. The van der Waals surface area contributed by atoms with Gasteiger partial charge in [-0.1, -0.05) is 36.7 Å². The standard InChI is InChI=1S/C22H27BrN2O2/c1-5-27-20(26)17-11-24-18-7-6-14(23)8-16(18)19(17)25-13-22(4)10-15(25)9-21(2,3)12-22/h6-8,11,15H,5,9-10,12-13H2,1-4H3/t15-,22+/m1/s1. The second-order valence-electron chi connectivity index (χ2n) is 9.24. The SMILES string of the molecule is CCOC(=O)c1cnc2ccc(Br)cc2c1N1C[C@@]2(C)C[C@H]1CC(C)(C)C2. The third-order valence-corrected chi connectivity index (χ3v) is 6.49. The van der Waals surface area contributed by atoms with Crippen LogP contribution in [0.15, 0.2) is 28.9 Å². The number of fused-ring (bicyclic) bond motifs is 3. The van der Waals surface area contributed by atoms with Crippen molar-refractivity contribution in [2.24, 2.45) is 10.8 Å². The molecule has 0 unspecified atom stereocenters. The van der Waals surface area contributed by atoms with Crippen molar-refractivity contribution in [2.75, 3.05) is 18.1 Å². The number of benzene rings is 1. The fraction of sp³-hybridized carbons (Fsp3) is 0.545. The maximum atomic E-state index is 12.7. The number of aromatic nitrogens is 1. The van der Waals surface area contributed by atoms with Crippen LogP contribution in [0.1, 0.15) is 57.3 Å². The summed E-state index contributed by atoms with van der Waals surface area (Å²) in [6, 6.07) is 6.52. The Hall–Kier alpha value is -1.62. The average Bonchev–Trinajstić information content (AvgIpc) is 2.82. The number of ether oxygens (including phenoxy) is 1. The van der Waals surface area contributed by atoms with Gasteiger partial charge in [0, 0.05) is 28.6 Å². The molecule has 1 saturated carbocycles. The number of carbonyl (C=O) groups is 1. The van der Waals surface area contributed by atoms with Crippen molar-refractivity contribution in [3.63, 3.8) is 0 Å². The Labute approximate surface area is 169 Å². The molecule has 0 spiro atoms. The van der Waals surface area contributed by atoms with Gasteiger partial charge in [0.25, 0.3) is 0 Å². The van der Waals surface area contributed by atoms with E-state index in [2.05, 4.69) is 52.7 Å². The largest absolute Gasteiger partial charge is 0.462 e. The second-order valence-corrected chi connectivity index (χ2v) is 10.2. The second kappa shape index (κ2) is 6.47. The summed E-state index contributed by atoms with van der Waals surface area (Å²) < 4.78 is 6.36. The molecule has 2 bridgehead atoms. The first kappa shape index (κ1) is 18.7. The van der Waals surface area contributed by atoms with E-state index in [4.69, 9.17) is 4.74 Å². The molecule has 144 valence electrons. The molecular formula is C22H27BrN2O2. The molecule has 5 heteroatoms. The summed E-state index contributed by atoms with van der Waals surface area (Å²) >= 11 is 3.59. The van der Waals surface area contributed by atoms with Gasteiger partial charge >= 0.3 is 5.97 Å². The van der Waals surface area contributed by atoms with Crippen molar-refractivity contribution in [2.45, 2.75) is 53.0 Å². The van der Waals surface area contributed by atoms with Gasteiger partial charge in [-0.05, 0) is 55.2 Å². The van der Waals surface area contributed by atoms with Crippen molar-refractivity contribution >= 4 is 38.5 Å². The molecular weight excluding hydrogens is 404 g/mol. The number of carbonyl (C=O) groups excluding carboxylic acids is 1. The van der Waals surface area contributed by atoms with Gasteiger partial charge in [-0.2, -0.15) is 0 Å². The Morgan fingerprint density at radius 1 is 1.33 bits per heavy atom. The highest BCUT2D eigenvalue weighted by atomic mass is 79.9. The van der Waals surface area contributed by atoms with E-state index >= 15 is 0 Å². The van der Waals surface area contributed by atoms with E-state index in [9.17, 15) is 4.79 Å². The van der Waals surface area contributed by atoms with Crippen LogP contribution in [0.5, 0.6) is 0 Å². The number of hydrogen-bond acceptors (Lipinski definition) is 4. The van der Waals surface area contributed by atoms with Gasteiger partial charge in [-0.25, -0.2) is 4.79 Å². The molecule has 4 rings (SSSR count). The quantitative estimate of drug-likeness (QED) is 0.595. The summed E-state index contributed by atoms with van der Waals surface area (Å²) in [6.07, 6.45) is 5.23.